The van der Waals surface area contributed by atoms with Gasteiger partial charge in [0, 0.05) is 18.0 Å². The van der Waals surface area contributed by atoms with Crippen LogP contribution in [0.1, 0.15) is 26.3 Å². The largest absolute Gasteiger partial charge is 0.244 e. The Morgan fingerprint density at radius 2 is 1.69 bits per heavy atom. The summed E-state index contributed by atoms with van der Waals surface area (Å²) in [6, 6.07) is 8.28. The first-order chi connectivity index (χ1) is 7.76. The van der Waals surface area contributed by atoms with Crippen LogP contribution in [0.4, 0.5) is 0 Å². The number of aryl methyl sites for hydroxylation is 1. The molecule has 0 heterocycles. The quantitative estimate of drug-likeness (QED) is 0.733. The summed E-state index contributed by atoms with van der Waals surface area (Å²) >= 11 is 0. The van der Waals surface area contributed by atoms with Crippen molar-refractivity contribution in [1.29, 1.82) is 0 Å². The second-order valence-corrected chi connectivity index (χ2v) is 5.20. The molecule has 0 fully saturated rings. The summed E-state index contributed by atoms with van der Waals surface area (Å²) in [5.41, 5.74) is 1.30. The minimum atomic E-state index is -0.515. The summed E-state index contributed by atoms with van der Waals surface area (Å²) < 4.78 is 2.13. The minimum absolute atomic E-state index is 0.515. The lowest BCUT2D eigenvalue weighted by molar-refractivity contribution is 0.520. The molecule has 16 heavy (non-hydrogen) atoms. The van der Waals surface area contributed by atoms with E-state index in [0.29, 0.717) is 0 Å². The van der Waals surface area contributed by atoms with Gasteiger partial charge in [0.15, 0.2) is 5.23 Å². The van der Waals surface area contributed by atoms with E-state index in [1.54, 1.807) is 0 Å². The average Bonchev–Trinajstić information content (AvgIpc) is 2.36. The van der Waals surface area contributed by atoms with Crippen LogP contribution in [0.5, 0.6) is 0 Å². The van der Waals surface area contributed by atoms with Gasteiger partial charge in [-0.15, -0.1) is 0 Å². The fourth-order valence-corrected chi connectivity index (χ4v) is 3.00. The highest BCUT2D eigenvalue weighted by Gasteiger charge is 2.08. The highest BCUT2D eigenvalue weighted by Crippen LogP contribution is 2.29. The Kier molecular flexibility index (Phi) is 5.47. The average molecular weight is 237 g/mol. The Hall–Kier alpha value is -0.890. The van der Waals surface area contributed by atoms with E-state index in [2.05, 4.69) is 42.4 Å². The van der Waals surface area contributed by atoms with Gasteiger partial charge < -0.3 is 0 Å². The first kappa shape index (κ1) is 13.2. The van der Waals surface area contributed by atoms with Crippen molar-refractivity contribution in [2.75, 3.05) is 13.1 Å². The van der Waals surface area contributed by atoms with Crippen LogP contribution in [-0.2, 0) is 11.2 Å². The molecule has 0 radical (unpaired) electrons. The van der Waals surface area contributed by atoms with E-state index in [1.807, 2.05) is 12.1 Å². The third-order valence-electron chi connectivity index (χ3n) is 2.60. The Balaban J connectivity index is 3.00. The van der Waals surface area contributed by atoms with Crippen molar-refractivity contribution in [2.24, 2.45) is 0 Å². The van der Waals surface area contributed by atoms with Crippen molar-refractivity contribution in [3.05, 3.63) is 29.8 Å². The smallest absolute Gasteiger partial charge is 0.175 e. The summed E-state index contributed by atoms with van der Waals surface area (Å²) in [6.45, 7) is 8.03. The molecule has 0 aliphatic carbocycles. The lowest BCUT2D eigenvalue weighted by atomic mass is 10.2. The molecular formula is C13H19NOS. The maximum Gasteiger partial charge on any atom is 0.175 e. The van der Waals surface area contributed by atoms with Gasteiger partial charge in [-0.3, -0.25) is 0 Å². The normalized spacial score (nSPS) is 12.5. The van der Waals surface area contributed by atoms with Crippen LogP contribution in [-0.4, -0.2) is 22.6 Å². The van der Waals surface area contributed by atoms with Crippen molar-refractivity contribution < 1.29 is 4.79 Å². The number of carbonyl (C=O) groups excluding carboxylic acids is 1. The number of hydrogen-bond acceptors (Lipinski definition) is 2. The van der Waals surface area contributed by atoms with Crippen LogP contribution in [0.3, 0.4) is 0 Å². The van der Waals surface area contributed by atoms with Gasteiger partial charge in [0.25, 0.3) is 0 Å². The van der Waals surface area contributed by atoms with Crippen molar-refractivity contribution in [1.82, 2.24) is 4.31 Å². The molecule has 2 nitrogen and oxygen atoms in total. The molecule has 1 aromatic carbocycles. The van der Waals surface area contributed by atoms with E-state index in [4.69, 9.17) is 0 Å². The minimum Gasteiger partial charge on any atom is -0.244 e. The number of rotatable bonds is 5. The highest BCUT2D eigenvalue weighted by atomic mass is 32.2. The van der Waals surface area contributed by atoms with Gasteiger partial charge >= 0.3 is 0 Å². The van der Waals surface area contributed by atoms with E-state index >= 15 is 0 Å². The monoisotopic (exact) mass is 237 g/mol. The topological polar surface area (TPSA) is 20.3 Å². The molecular weight excluding hydrogens is 218 g/mol. The van der Waals surface area contributed by atoms with E-state index in [-0.39, 0.29) is 0 Å². The van der Waals surface area contributed by atoms with Crippen LogP contribution in [0.25, 0.3) is 0 Å². The molecule has 0 saturated heterocycles. The second-order valence-electron chi connectivity index (χ2n) is 3.48. The molecule has 0 bridgehead atoms. The Morgan fingerprint density at radius 1 is 1.12 bits per heavy atom. The van der Waals surface area contributed by atoms with Gasteiger partial charge in [0.05, 0.1) is 0 Å². The van der Waals surface area contributed by atoms with Crippen LogP contribution in [0, 0.1) is 0 Å². The third-order valence-corrected chi connectivity index (χ3v) is 4.51. The molecule has 1 atom stereocenters. The summed E-state index contributed by atoms with van der Waals surface area (Å²) in [7, 11) is -0.515. The molecule has 1 aromatic rings. The molecule has 1 rings (SSSR count). The summed E-state index contributed by atoms with van der Waals surface area (Å²) in [4.78, 5) is 12.1. The van der Waals surface area contributed by atoms with Gasteiger partial charge in [0.2, 0.25) is 0 Å². The number of benzene rings is 1. The fourth-order valence-electron chi connectivity index (χ4n) is 1.59. The molecule has 0 N–H and O–H groups in total. The van der Waals surface area contributed by atoms with Crippen molar-refractivity contribution >= 4 is 15.9 Å². The van der Waals surface area contributed by atoms with E-state index in [9.17, 15) is 4.79 Å². The Bertz CT molecular complexity index is 375. The van der Waals surface area contributed by atoms with E-state index < -0.39 is 10.7 Å². The van der Waals surface area contributed by atoms with Crippen LogP contribution in [0.2, 0.25) is 0 Å². The van der Waals surface area contributed by atoms with Gasteiger partial charge in [-0.25, -0.2) is 9.10 Å². The zero-order valence-electron chi connectivity index (χ0n) is 10.2. The third kappa shape index (κ3) is 3.05. The molecule has 0 spiro atoms. The Morgan fingerprint density at radius 3 is 2.06 bits per heavy atom. The molecule has 3 heteroatoms. The van der Waals surface area contributed by atoms with Crippen LogP contribution >= 0.6 is 10.7 Å². The zero-order valence-corrected chi connectivity index (χ0v) is 11.0. The predicted octanol–water partition coefficient (Wildman–Crippen LogP) is 3.20. The lowest BCUT2D eigenvalue weighted by Gasteiger charge is -2.20. The fraction of sp³-hybridized carbons (Fsp3) is 0.462. The highest BCUT2D eigenvalue weighted by molar-refractivity contribution is 8.12. The number of hydrogen-bond donors (Lipinski definition) is 0. The molecule has 0 saturated carbocycles. The van der Waals surface area contributed by atoms with Crippen molar-refractivity contribution in [3.63, 3.8) is 0 Å². The van der Waals surface area contributed by atoms with E-state index in [0.717, 1.165) is 24.4 Å². The molecule has 0 amide bonds. The zero-order chi connectivity index (χ0) is 12.0. The van der Waals surface area contributed by atoms with Gasteiger partial charge in [0.1, 0.15) is 0 Å². The van der Waals surface area contributed by atoms with Gasteiger partial charge in [-0.1, -0.05) is 32.9 Å². The van der Waals surface area contributed by atoms with E-state index in [1.165, 1.54) is 5.56 Å². The maximum absolute atomic E-state index is 11.1. The first-order valence-electron chi connectivity index (χ1n) is 5.72. The van der Waals surface area contributed by atoms with Crippen molar-refractivity contribution in [3.8, 4) is 0 Å². The lowest BCUT2D eigenvalue weighted by Crippen LogP contribution is -2.16. The SMILES string of the molecule is CCc1ccc(S(=C=O)N(CC)CC)cc1. The standard InChI is InChI=1S/C13H19NOS/c1-4-12-7-9-13(10-8-12)16(11-15)14(5-2)6-3/h7-10H,4-6H2,1-3H3. The van der Waals surface area contributed by atoms with Crippen LogP contribution < -0.4 is 0 Å². The second kappa shape index (κ2) is 6.64. The van der Waals surface area contributed by atoms with Gasteiger partial charge in [-0.05, 0) is 34.8 Å². The summed E-state index contributed by atoms with van der Waals surface area (Å²) in [6.07, 6.45) is 1.03. The van der Waals surface area contributed by atoms with Gasteiger partial charge in [-0.2, -0.15) is 0 Å². The maximum atomic E-state index is 11.1. The Labute approximate surface area is 100 Å². The molecule has 0 aromatic heterocycles. The molecule has 88 valence electrons. The van der Waals surface area contributed by atoms with Crippen LogP contribution in [0.15, 0.2) is 29.2 Å². The predicted molar refractivity (Wildman–Crippen MR) is 70.3 cm³/mol. The summed E-state index contributed by atoms with van der Waals surface area (Å²) in [5, 5.41) is 2.16. The van der Waals surface area contributed by atoms with Crippen molar-refractivity contribution in [2.45, 2.75) is 32.1 Å². The summed E-state index contributed by atoms with van der Waals surface area (Å²) in [5.74, 6) is 0. The molecule has 0 aliphatic heterocycles. The number of nitrogens with zero attached hydrogens (tertiary/aromatic N) is 1. The first-order valence-corrected chi connectivity index (χ1v) is 6.91. The molecule has 0 aliphatic rings. The molecule has 1 unspecified atom stereocenters.